The van der Waals surface area contributed by atoms with Crippen molar-refractivity contribution in [2.45, 2.75) is 13.3 Å². The number of pyridine rings is 1. The summed E-state index contributed by atoms with van der Waals surface area (Å²) in [5.74, 6) is -0.398. The summed E-state index contributed by atoms with van der Waals surface area (Å²) in [6.07, 6.45) is 2.12. The first-order chi connectivity index (χ1) is 12.3. The summed E-state index contributed by atoms with van der Waals surface area (Å²) in [7, 11) is 2.93. The lowest BCUT2D eigenvalue weighted by Crippen LogP contribution is -2.38. The largest absolute Gasteiger partial charge is 0.332 e. The standard InChI is InChI=1S/C18H17ClN4O3/c1-4-10-9-20-15-13(17(25)23(3)18(26)22(15)2)14(10)21-16(24)11-6-5-7-12(19)8-11/h5-9H,4H2,1-3H3,(H,20,21,24). The smallest absolute Gasteiger partial charge is 0.321 e. The first-order valence-corrected chi connectivity index (χ1v) is 8.37. The zero-order chi connectivity index (χ0) is 19.0. The van der Waals surface area contributed by atoms with E-state index in [2.05, 4.69) is 10.3 Å². The number of benzene rings is 1. The summed E-state index contributed by atoms with van der Waals surface area (Å²) in [4.78, 5) is 41.7. The molecule has 0 aliphatic carbocycles. The molecule has 1 N–H and O–H groups in total. The van der Waals surface area contributed by atoms with Crippen LogP contribution in [0.5, 0.6) is 0 Å². The minimum Gasteiger partial charge on any atom is -0.321 e. The van der Waals surface area contributed by atoms with Crippen LogP contribution >= 0.6 is 11.6 Å². The predicted octanol–water partition coefficient (Wildman–Crippen LogP) is 2.10. The summed E-state index contributed by atoms with van der Waals surface area (Å²) in [6.45, 7) is 1.89. The maximum atomic E-state index is 12.7. The third-order valence-corrected chi connectivity index (χ3v) is 4.49. The van der Waals surface area contributed by atoms with E-state index in [1.807, 2.05) is 6.92 Å². The predicted molar refractivity (Wildman–Crippen MR) is 101 cm³/mol. The number of carbonyl (C=O) groups excluding carboxylic acids is 1. The van der Waals surface area contributed by atoms with E-state index >= 15 is 0 Å². The van der Waals surface area contributed by atoms with E-state index in [4.69, 9.17) is 11.6 Å². The molecule has 26 heavy (non-hydrogen) atoms. The minimum atomic E-state index is -0.507. The maximum absolute atomic E-state index is 12.7. The maximum Gasteiger partial charge on any atom is 0.332 e. The Balaban J connectivity index is 2.26. The fourth-order valence-electron chi connectivity index (χ4n) is 2.79. The number of hydrogen-bond acceptors (Lipinski definition) is 4. The summed E-state index contributed by atoms with van der Waals surface area (Å²) < 4.78 is 2.28. The topological polar surface area (TPSA) is 86.0 Å². The molecule has 0 saturated carbocycles. The molecule has 2 heterocycles. The van der Waals surface area contributed by atoms with Gasteiger partial charge in [0.05, 0.1) is 5.69 Å². The van der Waals surface area contributed by atoms with Crippen LogP contribution in [0.15, 0.2) is 40.1 Å². The molecular weight excluding hydrogens is 356 g/mol. The fourth-order valence-corrected chi connectivity index (χ4v) is 2.98. The third kappa shape index (κ3) is 2.90. The highest BCUT2D eigenvalue weighted by Gasteiger charge is 2.19. The Morgan fingerprint density at radius 1 is 1.23 bits per heavy atom. The van der Waals surface area contributed by atoms with E-state index in [0.29, 0.717) is 28.3 Å². The highest BCUT2D eigenvalue weighted by atomic mass is 35.5. The number of fused-ring (bicyclic) bond motifs is 1. The molecule has 0 saturated heterocycles. The molecule has 0 fully saturated rings. The Morgan fingerprint density at radius 3 is 2.62 bits per heavy atom. The molecule has 0 radical (unpaired) electrons. The van der Waals surface area contributed by atoms with Crippen LogP contribution in [0.1, 0.15) is 22.8 Å². The van der Waals surface area contributed by atoms with Gasteiger partial charge in [-0.05, 0) is 30.2 Å². The second-order valence-electron chi connectivity index (χ2n) is 5.88. The van der Waals surface area contributed by atoms with Gasteiger partial charge in [0.15, 0.2) is 5.65 Å². The molecule has 0 aliphatic heterocycles. The molecule has 1 aromatic carbocycles. The number of hydrogen-bond donors (Lipinski definition) is 1. The number of carbonyl (C=O) groups is 1. The number of aryl methyl sites for hydroxylation is 2. The summed E-state index contributed by atoms with van der Waals surface area (Å²) in [5.41, 5.74) is 0.656. The van der Waals surface area contributed by atoms with Crippen LogP contribution in [0.25, 0.3) is 11.0 Å². The van der Waals surface area contributed by atoms with Crippen molar-refractivity contribution in [3.63, 3.8) is 0 Å². The molecule has 3 aromatic rings. The third-order valence-electron chi connectivity index (χ3n) is 4.25. The van der Waals surface area contributed by atoms with Crippen molar-refractivity contribution in [1.82, 2.24) is 14.1 Å². The molecule has 134 valence electrons. The number of rotatable bonds is 3. The Labute approximate surface area is 153 Å². The van der Waals surface area contributed by atoms with Gasteiger partial charge in [-0.25, -0.2) is 9.78 Å². The molecule has 0 aliphatic rings. The number of nitrogens with one attached hydrogen (secondary N) is 1. The zero-order valence-corrected chi connectivity index (χ0v) is 15.3. The molecule has 3 rings (SSSR count). The van der Waals surface area contributed by atoms with E-state index in [0.717, 1.165) is 4.57 Å². The number of amides is 1. The summed E-state index contributed by atoms with van der Waals surface area (Å²) >= 11 is 5.95. The number of halogens is 1. The van der Waals surface area contributed by atoms with Gasteiger partial charge in [-0.2, -0.15) is 0 Å². The van der Waals surface area contributed by atoms with Crippen LogP contribution in [0.4, 0.5) is 5.69 Å². The quantitative estimate of drug-likeness (QED) is 0.762. The first-order valence-electron chi connectivity index (χ1n) is 7.99. The van der Waals surface area contributed by atoms with Crippen molar-refractivity contribution in [2.75, 3.05) is 5.32 Å². The van der Waals surface area contributed by atoms with Crippen LogP contribution < -0.4 is 16.6 Å². The van der Waals surface area contributed by atoms with Gasteiger partial charge in [0.1, 0.15) is 5.39 Å². The Kier molecular flexibility index (Phi) is 4.65. The van der Waals surface area contributed by atoms with Crippen molar-refractivity contribution in [3.05, 3.63) is 67.4 Å². The van der Waals surface area contributed by atoms with Gasteiger partial charge in [0.25, 0.3) is 11.5 Å². The van der Waals surface area contributed by atoms with Gasteiger partial charge in [-0.15, -0.1) is 0 Å². The molecule has 2 aromatic heterocycles. The normalized spacial score (nSPS) is 10.9. The Morgan fingerprint density at radius 2 is 1.96 bits per heavy atom. The molecular formula is C18H17ClN4O3. The number of aromatic nitrogens is 3. The van der Waals surface area contributed by atoms with E-state index in [1.165, 1.54) is 18.7 Å². The van der Waals surface area contributed by atoms with Crippen LogP contribution in [-0.4, -0.2) is 20.0 Å². The second kappa shape index (κ2) is 6.76. The van der Waals surface area contributed by atoms with Crippen molar-refractivity contribution in [3.8, 4) is 0 Å². The lowest BCUT2D eigenvalue weighted by Gasteiger charge is -2.15. The van der Waals surface area contributed by atoms with Crippen LogP contribution in [0.3, 0.4) is 0 Å². The number of nitrogens with zero attached hydrogens (tertiary/aromatic N) is 3. The van der Waals surface area contributed by atoms with Gasteiger partial charge in [-0.1, -0.05) is 24.6 Å². The van der Waals surface area contributed by atoms with E-state index < -0.39 is 17.2 Å². The zero-order valence-electron chi connectivity index (χ0n) is 14.5. The van der Waals surface area contributed by atoms with Crippen molar-refractivity contribution >= 4 is 34.2 Å². The monoisotopic (exact) mass is 372 g/mol. The molecule has 0 bridgehead atoms. The van der Waals surface area contributed by atoms with Gasteiger partial charge < -0.3 is 5.32 Å². The molecule has 1 amide bonds. The van der Waals surface area contributed by atoms with Gasteiger partial charge in [-0.3, -0.25) is 18.7 Å². The van der Waals surface area contributed by atoms with Gasteiger partial charge in [0.2, 0.25) is 0 Å². The molecule has 0 atom stereocenters. The summed E-state index contributed by atoms with van der Waals surface area (Å²) in [5, 5.41) is 3.43. The SMILES string of the molecule is CCc1cnc2c(c1NC(=O)c1cccc(Cl)c1)c(=O)n(C)c(=O)n2C. The fraction of sp³-hybridized carbons (Fsp3) is 0.222. The Bertz CT molecular complexity index is 1150. The van der Waals surface area contributed by atoms with Gasteiger partial charge >= 0.3 is 5.69 Å². The van der Waals surface area contributed by atoms with Crippen LogP contribution in [-0.2, 0) is 20.5 Å². The number of anilines is 1. The first kappa shape index (κ1) is 17.9. The van der Waals surface area contributed by atoms with Crippen molar-refractivity contribution < 1.29 is 4.79 Å². The highest BCUT2D eigenvalue weighted by Crippen LogP contribution is 2.24. The lowest BCUT2D eigenvalue weighted by molar-refractivity contribution is 0.102. The average Bonchev–Trinajstić information content (AvgIpc) is 2.64. The lowest BCUT2D eigenvalue weighted by atomic mass is 10.1. The molecule has 0 spiro atoms. The second-order valence-corrected chi connectivity index (χ2v) is 6.32. The minimum absolute atomic E-state index is 0.198. The van der Waals surface area contributed by atoms with E-state index in [-0.39, 0.29) is 11.0 Å². The average molecular weight is 373 g/mol. The van der Waals surface area contributed by atoms with Crippen molar-refractivity contribution in [2.24, 2.45) is 14.1 Å². The highest BCUT2D eigenvalue weighted by molar-refractivity contribution is 6.31. The molecule has 8 heteroatoms. The summed E-state index contributed by atoms with van der Waals surface area (Å²) in [6, 6.07) is 6.51. The van der Waals surface area contributed by atoms with E-state index in [1.54, 1.807) is 30.5 Å². The van der Waals surface area contributed by atoms with E-state index in [9.17, 15) is 14.4 Å². The van der Waals surface area contributed by atoms with Crippen LogP contribution in [0, 0.1) is 0 Å². The Hall–Kier alpha value is -2.93. The van der Waals surface area contributed by atoms with Crippen LogP contribution in [0.2, 0.25) is 5.02 Å². The van der Waals surface area contributed by atoms with Gasteiger partial charge in [0, 0.05) is 30.9 Å². The molecule has 0 unspecified atom stereocenters. The van der Waals surface area contributed by atoms with Crippen molar-refractivity contribution in [1.29, 1.82) is 0 Å². The molecule has 7 nitrogen and oxygen atoms in total.